The van der Waals surface area contributed by atoms with E-state index in [2.05, 4.69) is 24.5 Å². The maximum atomic E-state index is 13.6. The molecule has 8 nitrogen and oxygen atoms in total. The number of hydrogen-bond acceptors (Lipinski definition) is 4. The minimum atomic E-state index is -3.37. The molecule has 2 N–H and O–H groups in total. The molecule has 0 aromatic rings. The molecule has 1 heterocycles. The van der Waals surface area contributed by atoms with Crippen molar-refractivity contribution in [3.8, 4) is 0 Å². The number of urea groups is 1. The van der Waals surface area contributed by atoms with Crippen LogP contribution >= 0.6 is 0 Å². The topological polar surface area (TPSA) is 98.8 Å². The molecule has 1 aliphatic carbocycles. The summed E-state index contributed by atoms with van der Waals surface area (Å²) in [6.07, 6.45) is 8.23. The summed E-state index contributed by atoms with van der Waals surface area (Å²) in [4.78, 5) is 28.7. The molecule has 186 valence electrons. The Labute approximate surface area is 194 Å². The van der Waals surface area contributed by atoms with Gasteiger partial charge in [-0.2, -0.15) is 0 Å². The molecule has 3 atom stereocenters. The summed E-state index contributed by atoms with van der Waals surface area (Å²) >= 11 is 0. The van der Waals surface area contributed by atoms with Gasteiger partial charge in [-0.15, -0.1) is 0 Å². The van der Waals surface area contributed by atoms with E-state index in [4.69, 9.17) is 0 Å². The van der Waals surface area contributed by atoms with Crippen molar-refractivity contribution in [3.63, 3.8) is 0 Å². The van der Waals surface area contributed by atoms with Crippen LogP contribution in [0.2, 0.25) is 0 Å². The average Bonchev–Trinajstić information content (AvgIpc) is 3.10. The molecule has 9 heteroatoms. The second-order valence-electron chi connectivity index (χ2n) is 11.3. The first kappa shape index (κ1) is 26.9. The van der Waals surface area contributed by atoms with E-state index in [0.29, 0.717) is 0 Å². The van der Waals surface area contributed by atoms with Crippen molar-refractivity contribution in [2.45, 2.75) is 97.7 Å². The van der Waals surface area contributed by atoms with Gasteiger partial charge >= 0.3 is 6.03 Å². The molecule has 2 fully saturated rings. The average molecular weight is 473 g/mol. The standard InChI is InChI=1S/C23H44N4O4S/c1-17-12-11-15-27(17)20(28)19(23(5)13-9-8-10-14-23)25-21(29)24-18(22(2,3)4)16-26(6)32(7,30)31/h17-19H,8-16H2,1-7H3,(H2,24,25,29). The number of likely N-dealkylation sites (N-methyl/N-ethyl adjacent to an activating group) is 1. The third-order valence-corrected chi connectivity index (χ3v) is 8.69. The van der Waals surface area contributed by atoms with Crippen molar-refractivity contribution in [2.75, 3.05) is 26.4 Å². The van der Waals surface area contributed by atoms with E-state index in [1.54, 1.807) is 0 Å². The van der Waals surface area contributed by atoms with Crippen LogP contribution in [0.4, 0.5) is 4.79 Å². The third-order valence-electron chi connectivity index (χ3n) is 7.41. The van der Waals surface area contributed by atoms with Gasteiger partial charge in [0.2, 0.25) is 15.9 Å². The number of likely N-dealkylation sites (tertiary alicyclic amines) is 1. The second kappa shape index (κ2) is 10.3. The Hall–Kier alpha value is -1.35. The minimum absolute atomic E-state index is 0.00936. The van der Waals surface area contributed by atoms with Gasteiger partial charge in [-0.3, -0.25) is 4.79 Å². The Balaban J connectivity index is 2.21. The van der Waals surface area contributed by atoms with Crippen LogP contribution in [-0.4, -0.2) is 74.1 Å². The van der Waals surface area contributed by atoms with E-state index >= 15 is 0 Å². The normalized spacial score (nSPS) is 23.6. The number of sulfonamides is 1. The van der Waals surface area contributed by atoms with Crippen molar-refractivity contribution >= 4 is 22.0 Å². The van der Waals surface area contributed by atoms with Gasteiger partial charge in [0.1, 0.15) is 6.04 Å². The smallest absolute Gasteiger partial charge is 0.315 e. The molecule has 0 bridgehead atoms. The molecular weight excluding hydrogens is 428 g/mol. The molecule has 0 aromatic carbocycles. The van der Waals surface area contributed by atoms with Crippen molar-refractivity contribution in [1.29, 1.82) is 0 Å². The SMILES string of the molecule is CC1CCCN1C(=O)C(NC(=O)NC(CN(C)S(C)(=O)=O)C(C)(C)C)C1(C)CCCCC1. The third kappa shape index (κ3) is 6.83. The minimum Gasteiger partial charge on any atom is -0.338 e. The number of carbonyl (C=O) groups excluding carboxylic acids is 2. The number of nitrogens with one attached hydrogen (secondary N) is 2. The van der Waals surface area contributed by atoms with Crippen LogP contribution in [0, 0.1) is 10.8 Å². The van der Waals surface area contributed by atoms with Gasteiger partial charge in [-0.1, -0.05) is 47.0 Å². The molecule has 0 spiro atoms. The Kier molecular flexibility index (Phi) is 8.64. The number of hydrogen-bond donors (Lipinski definition) is 2. The zero-order valence-corrected chi connectivity index (χ0v) is 21.8. The van der Waals surface area contributed by atoms with Crippen LogP contribution in [0.15, 0.2) is 0 Å². The Morgan fingerprint density at radius 3 is 2.19 bits per heavy atom. The fraction of sp³-hybridized carbons (Fsp3) is 0.913. The van der Waals surface area contributed by atoms with E-state index in [9.17, 15) is 18.0 Å². The van der Waals surface area contributed by atoms with E-state index < -0.39 is 28.1 Å². The van der Waals surface area contributed by atoms with Crippen molar-refractivity contribution < 1.29 is 18.0 Å². The second-order valence-corrected chi connectivity index (χ2v) is 13.3. The highest BCUT2D eigenvalue weighted by Crippen LogP contribution is 2.40. The van der Waals surface area contributed by atoms with Crippen LogP contribution in [0.5, 0.6) is 0 Å². The molecular formula is C23H44N4O4S. The molecule has 1 saturated carbocycles. The molecule has 1 saturated heterocycles. The van der Waals surface area contributed by atoms with Crippen LogP contribution in [0.3, 0.4) is 0 Å². The molecule has 2 aliphatic rings. The van der Waals surface area contributed by atoms with Crippen molar-refractivity contribution in [1.82, 2.24) is 19.8 Å². The monoisotopic (exact) mass is 472 g/mol. The van der Waals surface area contributed by atoms with Crippen LogP contribution in [-0.2, 0) is 14.8 Å². The zero-order valence-electron chi connectivity index (χ0n) is 21.0. The number of carbonyl (C=O) groups is 2. The highest BCUT2D eigenvalue weighted by molar-refractivity contribution is 7.88. The van der Waals surface area contributed by atoms with Gasteiger partial charge in [-0.25, -0.2) is 17.5 Å². The summed E-state index contributed by atoms with van der Waals surface area (Å²) in [6, 6.07) is -1.23. The molecule has 3 amide bonds. The predicted octanol–water partition coefficient (Wildman–Crippen LogP) is 2.94. The van der Waals surface area contributed by atoms with Gasteiger partial charge in [0.15, 0.2) is 0 Å². The lowest BCUT2D eigenvalue weighted by Crippen LogP contribution is -2.61. The summed E-state index contributed by atoms with van der Waals surface area (Å²) in [7, 11) is -1.86. The summed E-state index contributed by atoms with van der Waals surface area (Å²) in [5, 5.41) is 6.01. The van der Waals surface area contributed by atoms with Gasteiger partial charge in [0.25, 0.3) is 0 Å². The lowest BCUT2D eigenvalue weighted by atomic mass is 9.70. The van der Waals surface area contributed by atoms with Crippen molar-refractivity contribution in [2.24, 2.45) is 10.8 Å². The zero-order chi connectivity index (χ0) is 24.3. The first-order valence-corrected chi connectivity index (χ1v) is 13.8. The first-order valence-electron chi connectivity index (χ1n) is 11.9. The molecule has 1 aliphatic heterocycles. The fourth-order valence-electron chi connectivity index (χ4n) is 4.87. The molecule has 0 radical (unpaired) electrons. The van der Waals surface area contributed by atoms with E-state index in [-0.39, 0.29) is 29.3 Å². The summed E-state index contributed by atoms with van der Waals surface area (Å²) in [5.74, 6) is 0.00936. The van der Waals surface area contributed by atoms with Crippen LogP contribution in [0.1, 0.15) is 79.6 Å². The van der Waals surface area contributed by atoms with Crippen LogP contribution < -0.4 is 10.6 Å². The maximum Gasteiger partial charge on any atom is 0.315 e. The summed E-state index contributed by atoms with van der Waals surface area (Å²) in [6.45, 7) is 11.0. The van der Waals surface area contributed by atoms with E-state index in [0.717, 1.165) is 57.7 Å². The van der Waals surface area contributed by atoms with Gasteiger partial charge in [0, 0.05) is 32.2 Å². The Morgan fingerprint density at radius 1 is 1.12 bits per heavy atom. The first-order chi connectivity index (χ1) is 14.6. The number of rotatable bonds is 7. The lowest BCUT2D eigenvalue weighted by Gasteiger charge is -2.42. The van der Waals surface area contributed by atoms with Gasteiger partial charge in [0.05, 0.1) is 6.26 Å². The highest BCUT2D eigenvalue weighted by atomic mass is 32.2. The largest absolute Gasteiger partial charge is 0.338 e. The maximum absolute atomic E-state index is 13.6. The van der Waals surface area contributed by atoms with E-state index in [1.165, 1.54) is 11.4 Å². The van der Waals surface area contributed by atoms with Crippen LogP contribution in [0.25, 0.3) is 0 Å². The van der Waals surface area contributed by atoms with Crippen molar-refractivity contribution in [3.05, 3.63) is 0 Å². The van der Waals surface area contributed by atoms with Gasteiger partial charge in [-0.05, 0) is 43.4 Å². The lowest BCUT2D eigenvalue weighted by molar-refractivity contribution is -0.137. The Bertz CT molecular complexity index is 771. The quantitative estimate of drug-likeness (QED) is 0.595. The van der Waals surface area contributed by atoms with E-state index in [1.807, 2.05) is 25.7 Å². The molecule has 3 unspecified atom stereocenters. The Morgan fingerprint density at radius 2 is 1.72 bits per heavy atom. The summed E-state index contributed by atoms with van der Waals surface area (Å²) < 4.78 is 25.1. The molecule has 32 heavy (non-hydrogen) atoms. The number of amides is 3. The summed E-state index contributed by atoms with van der Waals surface area (Å²) in [5.41, 5.74) is -0.649. The predicted molar refractivity (Wildman–Crippen MR) is 128 cm³/mol. The fourth-order valence-corrected chi connectivity index (χ4v) is 5.29. The van der Waals surface area contributed by atoms with Gasteiger partial charge < -0.3 is 15.5 Å². The number of nitrogens with zero attached hydrogens (tertiary/aromatic N) is 2. The molecule has 2 rings (SSSR count). The highest BCUT2D eigenvalue weighted by Gasteiger charge is 2.44. The molecule has 0 aromatic heterocycles.